The molecule has 1 atom stereocenters. The largest absolute Gasteiger partial charge is 0.351 e. The first kappa shape index (κ1) is 17.6. The average Bonchev–Trinajstić information content (AvgIpc) is 3.30. The van der Waals surface area contributed by atoms with Crippen molar-refractivity contribution in [2.24, 2.45) is 0 Å². The van der Waals surface area contributed by atoms with Crippen LogP contribution in [0.1, 0.15) is 34.9 Å². The van der Waals surface area contributed by atoms with Crippen molar-refractivity contribution in [2.75, 3.05) is 24.5 Å². The first-order valence-electron chi connectivity index (χ1n) is 9.96. The van der Waals surface area contributed by atoms with Gasteiger partial charge in [-0.1, -0.05) is 12.1 Å². The third-order valence-electron chi connectivity index (χ3n) is 5.95. The number of fused-ring (bicyclic) bond motifs is 3. The Morgan fingerprint density at radius 1 is 1.18 bits per heavy atom. The summed E-state index contributed by atoms with van der Waals surface area (Å²) < 4.78 is 0. The predicted octanol–water partition coefficient (Wildman–Crippen LogP) is 3.76. The van der Waals surface area contributed by atoms with Gasteiger partial charge in [0.25, 0.3) is 0 Å². The highest BCUT2D eigenvalue weighted by atomic mass is 32.1. The van der Waals surface area contributed by atoms with Crippen LogP contribution in [0.3, 0.4) is 0 Å². The number of benzene rings is 1. The first-order valence-corrected chi connectivity index (χ1v) is 10.8. The van der Waals surface area contributed by atoms with Crippen LogP contribution >= 0.6 is 11.3 Å². The molecule has 3 heterocycles. The number of rotatable bonds is 3. The first-order chi connectivity index (χ1) is 13.7. The molecule has 0 amide bonds. The Morgan fingerprint density at radius 2 is 2.04 bits per heavy atom. The minimum absolute atomic E-state index is 0.405. The summed E-state index contributed by atoms with van der Waals surface area (Å²) in [6.07, 6.45) is 5.37. The number of hydrogen-bond acceptors (Lipinski definition) is 6. The third-order valence-corrected chi connectivity index (χ3v) is 7.15. The van der Waals surface area contributed by atoms with Crippen molar-refractivity contribution < 1.29 is 0 Å². The standard InChI is InChI=1S/C22H23N5S/c1-15-12-26(13-17-7-5-16(11-23)6-8-17)9-10-27(15)21-20-18-3-2-4-19(18)28-22(20)25-14-24-21/h5-8,14-15H,2-4,9-10,12-13H2,1H3/t15-/m1/s1. The summed E-state index contributed by atoms with van der Waals surface area (Å²) in [5.74, 6) is 1.13. The molecule has 2 aliphatic rings. The van der Waals surface area contributed by atoms with Crippen LogP contribution in [0, 0.1) is 11.3 Å². The molecule has 0 saturated carbocycles. The van der Waals surface area contributed by atoms with Gasteiger partial charge in [-0.05, 0) is 49.4 Å². The second-order valence-corrected chi connectivity index (χ2v) is 8.90. The molecule has 0 unspecified atom stereocenters. The van der Waals surface area contributed by atoms with Gasteiger partial charge in [-0.2, -0.15) is 5.26 Å². The zero-order chi connectivity index (χ0) is 19.1. The summed E-state index contributed by atoms with van der Waals surface area (Å²) in [6, 6.07) is 10.5. The Hall–Kier alpha value is -2.49. The fourth-order valence-electron chi connectivity index (χ4n) is 4.56. The van der Waals surface area contributed by atoms with Crippen LogP contribution in [-0.4, -0.2) is 40.5 Å². The van der Waals surface area contributed by atoms with Gasteiger partial charge in [-0.25, -0.2) is 9.97 Å². The van der Waals surface area contributed by atoms with Crippen LogP contribution in [0.5, 0.6) is 0 Å². The number of thiophene rings is 1. The highest BCUT2D eigenvalue weighted by Gasteiger charge is 2.29. The lowest BCUT2D eigenvalue weighted by Gasteiger charge is -2.41. The van der Waals surface area contributed by atoms with Crippen molar-refractivity contribution in [3.05, 3.63) is 52.2 Å². The van der Waals surface area contributed by atoms with Gasteiger partial charge in [0.05, 0.1) is 17.0 Å². The molecular weight excluding hydrogens is 366 g/mol. The molecule has 0 radical (unpaired) electrons. The zero-order valence-corrected chi connectivity index (χ0v) is 16.9. The van der Waals surface area contributed by atoms with E-state index in [4.69, 9.17) is 10.2 Å². The Bertz CT molecular complexity index is 1050. The zero-order valence-electron chi connectivity index (χ0n) is 16.1. The maximum atomic E-state index is 8.96. The summed E-state index contributed by atoms with van der Waals surface area (Å²) in [7, 11) is 0. The van der Waals surface area contributed by atoms with Crippen LogP contribution in [0.2, 0.25) is 0 Å². The highest BCUT2D eigenvalue weighted by molar-refractivity contribution is 7.19. The minimum Gasteiger partial charge on any atom is -0.351 e. The lowest BCUT2D eigenvalue weighted by molar-refractivity contribution is 0.220. The molecule has 1 aliphatic heterocycles. The van der Waals surface area contributed by atoms with Gasteiger partial charge in [0.15, 0.2) is 0 Å². The lowest BCUT2D eigenvalue weighted by Crippen LogP contribution is -2.52. The number of aryl methyl sites for hydroxylation is 2. The summed E-state index contributed by atoms with van der Waals surface area (Å²) in [6.45, 7) is 6.23. The Labute approximate surface area is 169 Å². The number of aromatic nitrogens is 2. The van der Waals surface area contributed by atoms with Crippen LogP contribution < -0.4 is 4.90 Å². The average molecular weight is 390 g/mol. The summed E-state index contributed by atoms with van der Waals surface area (Å²) in [5.41, 5.74) is 3.49. The number of piperazine rings is 1. The van der Waals surface area contributed by atoms with Gasteiger partial charge in [0.1, 0.15) is 17.0 Å². The minimum atomic E-state index is 0.405. The van der Waals surface area contributed by atoms with E-state index in [9.17, 15) is 0 Å². The van der Waals surface area contributed by atoms with Crippen molar-refractivity contribution in [3.63, 3.8) is 0 Å². The molecular formula is C22H23N5S. The molecule has 1 aliphatic carbocycles. The van der Waals surface area contributed by atoms with E-state index in [2.05, 4.69) is 39.9 Å². The molecule has 6 heteroatoms. The van der Waals surface area contributed by atoms with E-state index < -0.39 is 0 Å². The smallest absolute Gasteiger partial charge is 0.141 e. The molecule has 5 nitrogen and oxygen atoms in total. The van der Waals surface area contributed by atoms with E-state index in [1.807, 2.05) is 23.5 Å². The van der Waals surface area contributed by atoms with Gasteiger partial charge in [0.2, 0.25) is 0 Å². The molecule has 0 spiro atoms. The quantitative estimate of drug-likeness (QED) is 0.683. The monoisotopic (exact) mass is 389 g/mol. The van der Waals surface area contributed by atoms with Gasteiger partial charge >= 0.3 is 0 Å². The second kappa shape index (κ2) is 7.16. The summed E-state index contributed by atoms with van der Waals surface area (Å²) in [4.78, 5) is 16.9. The molecule has 2 aromatic heterocycles. The van der Waals surface area contributed by atoms with E-state index in [1.54, 1.807) is 6.33 Å². The Kier molecular flexibility index (Phi) is 4.50. The van der Waals surface area contributed by atoms with E-state index >= 15 is 0 Å². The molecule has 1 fully saturated rings. The van der Waals surface area contributed by atoms with Crippen molar-refractivity contribution in [1.29, 1.82) is 5.26 Å². The van der Waals surface area contributed by atoms with E-state index in [0.717, 1.165) is 42.4 Å². The highest BCUT2D eigenvalue weighted by Crippen LogP contribution is 2.40. The van der Waals surface area contributed by atoms with Crippen LogP contribution in [0.15, 0.2) is 30.6 Å². The molecule has 1 saturated heterocycles. The number of nitrogens with zero attached hydrogens (tertiary/aromatic N) is 5. The Morgan fingerprint density at radius 3 is 2.82 bits per heavy atom. The SMILES string of the molecule is C[C@@H]1CN(Cc2ccc(C#N)cc2)CCN1c1ncnc2sc3c(c12)CCC3. The van der Waals surface area contributed by atoms with Crippen LogP contribution in [0.25, 0.3) is 10.2 Å². The van der Waals surface area contributed by atoms with E-state index in [-0.39, 0.29) is 0 Å². The lowest BCUT2D eigenvalue weighted by atomic mass is 10.1. The second-order valence-electron chi connectivity index (χ2n) is 7.82. The maximum Gasteiger partial charge on any atom is 0.141 e. The van der Waals surface area contributed by atoms with Gasteiger partial charge < -0.3 is 4.90 Å². The molecule has 1 aromatic carbocycles. The van der Waals surface area contributed by atoms with E-state index in [0.29, 0.717) is 6.04 Å². The number of hydrogen-bond donors (Lipinski definition) is 0. The van der Waals surface area contributed by atoms with Crippen molar-refractivity contribution in [2.45, 2.75) is 38.8 Å². The topological polar surface area (TPSA) is 56.1 Å². The Balaban J connectivity index is 1.35. The number of nitriles is 1. The molecule has 28 heavy (non-hydrogen) atoms. The van der Waals surface area contributed by atoms with Crippen molar-refractivity contribution in [3.8, 4) is 6.07 Å². The van der Waals surface area contributed by atoms with Crippen LogP contribution in [0.4, 0.5) is 5.82 Å². The maximum absolute atomic E-state index is 8.96. The van der Waals surface area contributed by atoms with E-state index in [1.165, 1.54) is 40.7 Å². The molecule has 0 N–H and O–H groups in total. The summed E-state index contributed by atoms with van der Waals surface area (Å²) >= 11 is 1.86. The fraction of sp³-hybridized carbons (Fsp3) is 0.409. The fourth-order valence-corrected chi connectivity index (χ4v) is 5.79. The molecule has 3 aromatic rings. The van der Waals surface area contributed by atoms with Gasteiger partial charge in [-0.15, -0.1) is 11.3 Å². The number of anilines is 1. The van der Waals surface area contributed by atoms with Gasteiger partial charge in [0, 0.05) is 37.1 Å². The summed E-state index contributed by atoms with van der Waals surface area (Å²) in [5, 5.41) is 10.3. The normalized spacial score (nSPS) is 19.7. The third kappa shape index (κ3) is 3.05. The van der Waals surface area contributed by atoms with Crippen LogP contribution in [-0.2, 0) is 19.4 Å². The molecule has 0 bridgehead atoms. The van der Waals surface area contributed by atoms with Crippen molar-refractivity contribution >= 4 is 27.4 Å². The molecule has 142 valence electrons. The van der Waals surface area contributed by atoms with Gasteiger partial charge in [-0.3, -0.25) is 4.90 Å². The van der Waals surface area contributed by atoms with Crippen molar-refractivity contribution in [1.82, 2.24) is 14.9 Å². The predicted molar refractivity (Wildman–Crippen MR) is 113 cm³/mol. The molecule has 5 rings (SSSR count).